The lowest BCUT2D eigenvalue weighted by atomic mass is 9.80. The molecule has 2 aliphatic rings. The van der Waals surface area contributed by atoms with Gasteiger partial charge in [0.05, 0.1) is 19.3 Å². The highest BCUT2D eigenvalue weighted by Gasteiger charge is 2.31. The van der Waals surface area contributed by atoms with Gasteiger partial charge in [0.1, 0.15) is 5.82 Å². The van der Waals surface area contributed by atoms with Crippen molar-refractivity contribution in [1.82, 2.24) is 24.6 Å². The van der Waals surface area contributed by atoms with Crippen molar-refractivity contribution in [1.29, 1.82) is 0 Å². The zero-order valence-electron chi connectivity index (χ0n) is 17.4. The van der Waals surface area contributed by atoms with Crippen LogP contribution in [0.1, 0.15) is 60.4 Å². The third kappa shape index (κ3) is 3.59. The first-order chi connectivity index (χ1) is 14.6. The zero-order valence-corrected chi connectivity index (χ0v) is 18.1. The number of ether oxygens (including phenoxy) is 1. The molecule has 0 saturated heterocycles. The van der Waals surface area contributed by atoms with Crippen LogP contribution in [0.5, 0.6) is 5.88 Å². The second kappa shape index (κ2) is 8.00. The number of methoxy groups -OCH3 is 1. The highest BCUT2D eigenvalue weighted by Crippen LogP contribution is 2.41. The van der Waals surface area contributed by atoms with Gasteiger partial charge in [-0.15, -0.1) is 10.2 Å². The second-order valence-electron chi connectivity index (χ2n) is 8.41. The molecule has 0 bridgehead atoms. The van der Waals surface area contributed by atoms with Crippen molar-refractivity contribution < 1.29 is 4.74 Å². The molecule has 1 saturated carbocycles. The molecule has 2 aromatic heterocycles. The summed E-state index contributed by atoms with van der Waals surface area (Å²) in [6.07, 6.45) is 4.36. The second-order valence-corrected chi connectivity index (χ2v) is 8.84. The molecule has 7 heteroatoms. The van der Waals surface area contributed by atoms with Crippen molar-refractivity contribution in [3.63, 3.8) is 0 Å². The smallest absolute Gasteiger partial charge is 0.213 e. The first-order valence-electron chi connectivity index (χ1n) is 10.5. The normalized spacial score (nSPS) is 21.6. The van der Waals surface area contributed by atoms with Crippen LogP contribution in [-0.2, 0) is 13.1 Å². The predicted molar refractivity (Wildman–Crippen MR) is 116 cm³/mol. The number of pyridine rings is 1. The summed E-state index contributed by atoms with van der Waals surface area (Å²) in [5.74, 6) is 3.66. The topological polar surface area (TPSA) is 56.1 Å². The fourth-order valence-electron chi connectivity index (χ4n) is 4.87. The van der Waals surface area contributed by atoms with Gasteiger partial charge in [-0.1, -0.05) is 17.7 Å². The number of halogens is 1. The SMILES string of the molecule is COc1cccc([C@H]2CC[C@H](c3nnc4n3-c3ccc(Cl)cc3CN(C)C4)CC2)n1. The zero-order chi connectivity index (χ0) is 20.7. The predicted octanol–water partition coefficient (Wildman–Crippen LogP) is 4.71. The van der Waals surface area contributed by atoms with Crippen LogP contribution < -0.4 is 4.74 Å². The molecule has 30 heavy (non-hydrogen) atoms. The Balaban J connectivity index is 1.42. The minimum absolute atomic E-state index is 0.403. The van der Waals surface area contributed by atoms with Crippen LogP contribution in [0.2, 0.25) is 5.02 Å². The number of hydrogen-bond acceptors (Lipinski definition) is 5. The Kier molecular flexibility index (Phi) is 5.21. The van der Waals surface area contributed by atoms with Crippen LogP contribution in [0.15, 0.2) is 36.4 Å². The first-order valence-corrected chi connectivity index (χ1v) is 10.9. The molecule has 0 spiro atoms. The third-order valence-electron chi connectivity index (χ3n) is 6.35. The van der Waals surface area contributed by atoms with Gasteiger partial charge in [0, 0.05) is 35.2 Å². The van der Waals surface area contributed by atoms with E-state index in [2.05, 4.69) is 49.9 Å². The molecule has 1 aliphatic heterocycles. The molecule has 0 amide bonds. The van der Waals surface area contributed by atoms with E-state index in [1.54, 1.807) is 7.11 Å². The van der Waals surface area contributed by atoms with E-state index in [1.165, 1.54) is 5.56 Å². The molecule has 3 heterocycles. The van der Waals surface area contributed by atoms with Gasteiger partial charge in [-0.3, -0.25) is 9.47 Å². The fourth-order valence-corrected chi connectivity index (χ4v) is 5.06. The molecule has 0 unspecified atom stereocenters. The number of hydrogen-bond donors (Lipinski definition) is 0. The Bertz CT molecular complexity index is 1060. The number of fused-ring (bicyclic) bond motifs is 3. The van der Waals surface area contributed by atoms with Crippen LogP contribution in [0.4, 0.5) is 0 Å². The summed E-state index contributed by atoms with van der Waals surface area (Å²) < 4.78 is 7.59. The number of nitrogens with zero attached hydrogens (tertiary/aromatic N) is 5. The largest absolute Gasteiger partial charge is 0.481 e. The maximum atomic E-state index is 6.29. The van der Waals surface area contributed by atoms with Gasteiger partial charge in [-0.05, 0) is 62.6 Å². The summed E-state index contributed by atoms with van der Waals surface area (Å²) in [6, 6.07) is 12.2. The molecule has 5 rings (SSSR count). The molecule has 3 aromatic rings. The summed E-state index contributed by atoms with van der Waals surface area (Å²) in [5.41, 5.74) is 3.52. The van der Waals surface area contributed by atoms with Crippen molar-refractivity contribution in [2.75, 3.05) is 14.2 Å². The maximum Gasteiger partial charge on any atom is 0.213 e. The third-order valence-corrected chi connectivity index (χ3v) is 6.59. The lowest BCUT2D eigenvalue weighted by molar-refractivity contribution is 0.315. The minimum Gasteiger partial charge on any atom is -0.481 e. The highest BCUT2D eigenvalue weighted by molar-refractivity contribution is 6.30. The maximum absolute atomic E-state index is 6.29. The lowest BCUT2D eigenvalue weighted by Crippen LogP contribution is -2.17. The lowest BCUT2D eigenvalue weighted by Gasteiger charge is -2.28. The van der Waals surface area contributed by atoms with Gasteiger partial charge in [0.2, 0.25) is 5.88 Å². The minimum atomic E-state index is 0.403. The van der Waals surface area contributed by atoms with E-state index in [0.717, 1.165) is 66.8 Å². The quantitative estimate of drug-likeness (QED) is 0.610. The fraction of sp³-hybridized carbons (Fsp3) is 0.435. The Hall–Kier alpha value is -2.44. The van der Waals surface area contributed by atoms with Gasteiger partial charge >= 0.3 is 0 Å². The molecule has 0 atom stereocenters. The van der Waals surface area contributed by atoms with Crippen LogP contribution in [0.3, 0.4) is 0 Å². The monoisotopic (exact) mass is 423 g/mol. The number of rotatable bonds is 3. The van der Waals surface area contributed by atoms with E-state index in [-0.39, 0.29) is 0 Å². The van der Waals surface area contributed by atoms with Crippen molar-refractivity contribution in [3.8, 4) is 11.6 Å². The summed E-state index contributed by atoms with van der Waals surface area (Å²) in [6.45, 7) is 1.63. The van der Waals surface area contributed by atoms with Crippen LogP contribution in [-0.4, -0.2) is 38.8 Å². The summed E-state index contributed by atoms with van der Waals surface area (Å²) in [7, 11) is 3.78. The highest BCUT2D eigenvalue weighted by atomic mass is 35.5. The number of benzene rings is 1. The Morgan fingerprint density at radius 3 is 2.60 bits per heavy atom. The van der Waals surface area contributed by atoms with Crippen molar-refractivity contribution in [3.05, 3.63) is 64.3 Å². The molecule has 0 N–H and O–H groups in total. The molecule has 6 nitrogen and oxygen atoms in total. The molecular weight excluding hydrogens is 398 g/mol. The van der Waals surface area contributed by atoms with Gasteiger partial charge < -0.3 is 4.74 Å². The van der Waals surface area contributed by atoms with E-state index >= 15 is 0 Å². The van der Waals surface area contributed by atoms with Crippen LogP contribution >= 0.6 is 11.6 Å². The Morgan fingerprint density at radius 1 is 1.00 bits per heavy atom. The number of aromatic nitrogens is 4. The summed E-state index contributed by atoms with van der Waals surface area (Å²) in [5, 5.41) is 10.0. The molecular formula is C23H26ClN5O. The molecule has 1 aliphatic carbocycles. The van der Waals surface area contributed by atoms with E-state index < -0.39 is 0 Å². The van der Waals surface area contributed by atoms with Crippen LogP contribution in [0.25, 0.3) is 5.69 Å². The van der Waals surface area contributed by atoms with Crippen molar-refractivity contribution >= 4 is 11.6 Å². The van der Waals surface area contributed by atoms with Crippen molar-refractivity contribution in [2.24, 2.45) is 0 Å². The molecule has 0 radical (unpaired) electrons. The van der Waals surface area contributed by atoms with Crippen LogP contribution in [0, 0.1) is 0 Å². The van der Waals surface area contributed by atoms with Gasteiger partial charge in [0.15, 0.2) is 5.82 Å². The Labute approximate surface area is 181 Å². The standard InChI is InChI=1S/C23H26ClN5O/c1-28-13-17-12-18(24)10-11-20(17)29-21(14-28)26-27-23(29)16-8-6-15(7-9-16)19-4-3-5-22(25-19)30-2/h3-5,10-12,15-16H,6-9,13-14H2,1-2H3/t15-,16-. The summed E-state index contributed by atoms with van der Waals surface area (Å²) in [4.78, 5) is 6.92. The average molecular weight is 424 g/mol. The van der Waals surface area contributed by atoms with E-state index in [4.69, 9.17) is 16.3 Å². The first kappa shape index (κ1) is 19.5. The Morgan fingerprint density at radius 2 is 1.80 bits per heavy atom. The van der Waals surface area contributed by atoms with E-state index in [0.29, 0.717) is 17.7 Å². The average Bonchev–Trinajstić information content (AvgIpc) is 3.11. The molecule has 1 aromatic carbocycles. The van der Waals surface area contributed by atoms with Gasteiger partial charge in [-0.2, -0.15) is 0 Å². The molecule has 156 valence electrons. The summed E-state index contributed by atoms with van der Waals surface area (Å²) >= 11 is 6.29. The van der Waals surface area contributed by atoms with E-state index in [1.807, 2.05) is 18.2 Å². The molecule has 1 fully saturated rings. The van der Waals surface area contributed by atoms with Crippen molar-refractivity contribution in [2.45, 2.75) is 50.6 Å². The van der Waals surface area contributed by atoms with Gasteiger partial charge in [-0.25, -0.2) is 4.98 Å². The van der Waals surface area contributed by atoms with E-state index in [9.17, 15) is 0 Å². The van der Waals surface area contributed by atoms with Gasteiger partial charge in [0.25, 0.3) is 0 Å².